The van der Waals surface area contributed by atoms with Gasteiger partial charge in [0.05, 0.1) is 12.2 Å². The normalized spacial score (nSPS) is 11.9. The molecule has 0 saturated heterocycles. The molecule has 2 aromatic carbocycles. The van der Waals surface area contributed by atoms with E-state index >= 15 is 0 Å². The maximum absolute atomic E-state index is 11.0. The maximum Gasteiger partial charge on any atom is 0.219 e. The lowest BCUT2D eigenvalue weighted by molar-refractivity contribution is 0.208. The minimum absolute atomic E-state index is 0.518. The van der Waals surface area contributed by atoms with Gasteiger partial charge in [0.1, 0.15) is 6.10 Å². The van der Waals surface area contributed by atoms with Crippen molar-refractivity contribution < 1.29 is 9.84 Å². The average molecular weight is 333 g/mol. The van der Waals surface area contributed by atoms with Crippen LogP contribution in [0.4, 0.5) is 0 Å². The molecule has 3 heteroatoms. The summed E-state index contributed by atoms with van der Waals surface area (Å²) in [5, 5.41) is 11.0. The number of rotatable bonds is 7. The number of ether oxygens (including phenoxy) is 1. The SMILES string of the molecule is CCOc1nccc(CCc2ccccc2)c1C(O)c1ccccc1. The molecule has 0 aliphatic carbocycles. The topological polar surface area (TPSA) is 42.4 Å². The Hall–Kier alpha value is -2.65. The lowest BCUT2D eigenvalue weighted by atomic mass is 9.94. The van der Waals surface area contributed by atoms with E-state index in [0.29, 0.717) is 12.5 Å². The van der Waals surface area contributed by atoms with Crippen LogP contribution in [0.3, 0.4) is 0 Å². The van der Waals surface area contributed by atoms with Crippen molar-refractivity contribution in [1.82, 2.24) is 4.98 Å². The second-order valence-corrected chi connectivity index (χ2v) is 5.92. The van der Waals surface area contributed by atoms with E-state index in [9.17, 15) is 5.11 Å². The Morgan fingerprint density at radius 3 is 2.28 bits per heavy atom. The van der Waals surface area contributed by atoms with Crippen molar-refractivity contribution in [2.45, 2.75) is 25.9 Å². The highest BCUT2D eigenvalue weighted by Crippen LogP contribution is 2.32. The van der Waals surface area contributed by atoms with E-state index in [-0.39, 0.29) is 0 Å². The summed E-state index contributed by atoms with van der Waals surface area (Å²) in [6, 6.07) is 22.0. The summed E-state index contributed by atoms with van der Waals surface area (Å²) in [5.41, 5.74) is 3.96. The van der Waals surface area contributed by atoms with Crippen LogP contribution in [0, 0.1) is 0 Å². The van der Waals surface area contributed by atoms with Crippen molar-refractivity contribution in [1.29, 1.82) is 0 Å². The van der Waals surface area contributed by atoms with Crippen LogP contribution in [-0.4, -0.2) is 16.7 Å². The molecule has 1 atom stereocenters. The Bertz CT molecular complexity index is 788. The highest BCUT2D eigenvalue weighted by molar-refractivity contribution is 5.42. The predicted octanol–water partition coefficient (Wildman–Crippen LogP) is 4.35. The molecule has 0 spiro atoms. The summed E-state index contributed by atoms with van der Waals surface area (Å²) in [5.74, 6) is 0.518. The maximum atomic E-state index is 11.0. The van der Waals surface area contributed by atoms with E-state index in [1.54, 1.807) is 6.20 Å². The first kappa shape index (κ1) is 17.2. The van der Waals surface area contributed by atoms with E-state index in [2.05, 4.69) is 17.1 Å². The minimum Gasteiger partial charge on any atom is -0.478 e. The summed E-state index contributed by atoms with van der Waals surface area (Å²) in [6.07, 6.45) is 2.74. The Labute approximate surface area is 148 Å². The third kappa shape index (κ3) is 4.25. The number of pyridine rings is 1. The van der Waals surface area contributed by atoms with Crippen molar-refractivity contribution in [3.05, 3.63) is 95.2 Å². The van der Waals surface area contributed by atoms with Crippen molar-refractivity contribution in [3.63, 3.8) is 0 Å². The molecule has 0 bridgehead atoms. The van der Waals surface area contributed by atoms with Gasteiger partial charge in [-0.3, -0.25) is 0 Å². The summed E-state index contributed by atoms with van der Waals surface area (Å²) in [7, 11) is 0. The number of aliphatic hydroxyl groups excluding tert-OH is 1. The van der Waals surface area contributed by atoms with Gasteiger partial charge in [-0.2, -0.15) is 0 Å². The first-order valence-corrected chi connectivity index (χ1v) is 8.67. The fourth-order valence-electron chi connectivity index (χ4n) is 2.98. The lowest BCUT2D eigenvalue weighted by Crippen LogP contribution is -2.10. The van der Waals surface area contributed by atoms with Gasteiger partial charge in [-0.15, -0.1) is 0 Å². The highest BCUT2D eigenvalue weighted by Gasteiger charge is 2.20. The Morgan fingerprint density at radius 2 is 1.60 bits per heavy atom. The molecule has 3 nitrogen and oxygen atoms in total. The van der Waals surface area contributed by atoms with Gasteiger partial charge in [0.2, 0.25) is 5.88 Å². The fourth-order valence-corrected chi connectivity index (χ4v) is 2.98. The van der Waals surface area contributed by atoms with Crippen molar-refractivity contribution in [2.24, 2.45) is 0 Å². The number of aliphatic hydroxyl groups is 1. The molecular formula is C22H23NO2. The Kier molecular flexibility index (Phi) is 5.81. The monoisotopic (exact) mass is 333 g/mol. The number of benzene rings is 2. The third-order valence-electron chi connectivity index (χ3n) is 4.24. The first-order chi connectivity index (χ1) is 12.3. The second kappa shape index (κ2) is 8.45. The molecule has 3 aromatic rings. The van der Waals surface area contributed by atoms with Crippen LogP contribution in [0.15, 0.2) is 72.9 Å². The second-order valence-electron chi connectivity index (χ2n) is 5.92. The highest BCUT2D eigenvalue weighted by atomic mass is 16.5. The summed E-state index contributed by atoms with van der Waals surface area (Å²) >= 11 is 0. The zero-order valence-corrected chi connectivity index (χ0v) is 14.4. The number of nitrogens with zero attached hydrogens (tertiary/aromatic N) is 1. The van der Waals surface area contributed by atoms with Gasteiger partial charge in [0.15, 0.2) is 0 Å². The predicted molar refractivity (Wildman–Crippen MR) is 99.8 cm³/mol. The molecule has 3 rings (SSSR count). The van der Waals surface area contributed by atoms with Crippen molar-refractivity contribution >= 4 is 0 Å². The van der Waals surface area contributed by atoms with Gasteiger partial charge >= 0.3 is 0 Å². The molecule has 1 unspecified atom stereocenters. The van der Waals surface area contributed by atoms with Crippen LogP contribution < -0.4 is 4.74 Å². The van der Waals surface area contributed by atoms with Crippen LogP contribution in [0.25, 0.3) is 0 Å². The molecule has 128 valence electrons. The van der Waals surface area contributed by atoms with Crippen LogP contribution in [0.5, 0.6) is 5.88 Å². The summed E-state index contributed by atoms with van der Waals surface area (Å²) in [4.78, 5) is 4.35. The number of hydrogen-bond acceptors (Lipinski definition) is 3. The molecule has 1 N–H and O–H groups in total. The lowest BCUT2D eigenvalue weighted by Gasteiger charge is -2.19. The molecule has 1 heterocycles. The molecule has 0 amide bonds. The van der Waals surface area contributed by atoms with E-state index in [1.165, 1.54) is 5.56 Å². The Morgan fingerprint density at radius 1 is 0.920 bits per heavy atom. The van der Waals surface area contributed by atoms with Crippen LogP contribution >= 0.6 is 0 Å². The number of aryl methyl sites for hydroxylation is 2. The molecule has 0 saturated carbocycles. The van der Waals surface area contributed by atoms with Crippen molar-refractivity contribution in [2.75, 3.05) is 6.61 Å². The molecule has 0 radical (unpaired) electrons. The molecule has 0 fully saturated rings. The first-order valence-electron chi connectivity index (χ1n) is 8.67. The van der Waals surface area contributed by atoms with Crippen LogP contribution in [0.2, 0.25) is 0 Å². The van der Waals surface area contributed by atoms with Gasteiger partial charge in [-0.25, -0.2) is 4.98 Å². The third-order valence-corrected chi connectivity index (χ3v) is 4.24. The minimum atomic E-state index is -0.748. The quantitative estimate of drug-likeness (QED) is 0.699. The van der Waals surface area contributed by atoms with Gasteiger partial charge in [0.25, 0.3) is 0 Å². The smallest absolute Gasteiger partial charge is 0.219 e. The molecular weight excluding hydrogens is 310 g/mol. The molecule has 0 aliphatic heterocycles. The van der Waals surface area contributed by atoms with E-state index in [0.717, 1.165) is 29.5 Å². The van der Waals surface area contributed by atoms with Crippen LogP contribution in [0.1, 0.15) is 35.3 Å². The van der Waals surface area contributed by atoms with E-state index in [1.807, 2.05) is 61.5 Å². The average Bonchev–Trinajstić information content (AvgIpc) is 2.68. The zero-order valence-electron chi connectivity index (χ0n) is 14.4. The summed E-state index contributed by atoms with van der Waals surface area (Å²) in [6.45, 7) is 2.45. The molecule has 0 aliphatic rings. The van der Waals surface area contributed by atoms with E-state index < -0.39 is 6.10 Å². The molecule has 1 aromatic heterocycles. The number of hydrogen-bond donors (Lipinski definition) is 1. The van der Waals surface area contributed by atoms with Gasteiger partial charge in [0, 0.05) is 6.20 Å². The Balaban J connectivity index is 1.93. The largest absolute Gasteiger partial charge is 0.478 e. The van der Waals surface area contributed by atoms with Gasteiger partial charge in [-0.1, -0.05) is 60.7 Å². The standard InChI is InChI=1S/C22H23NO2/c1-2-25-22-20(21(24)19-11-7-4-8-12-19)18(15-16-23-22)14-13-17-9-5-3-6-10-17/h3-12,15-16,21,24H,2,13-14H2,1H3. The number of aromatic nitrogens is 1. The van der Waals surface area contributed by atoms with Gasteiger partial charge in [-0.05, 0) is 42.5 Å². The zero-order chi connectivity index (χ0) is 17.5. The molecule has 25 heavy (non-hydrogen) atoms. The van der Waals surface area contributed by atoms with Crippen molar-refractivity contribution in [3.8, 4) is 5.88 Å². The summed E-state index contributed by atoms with van der Waals surface area (Å²) < 4.78 is 5.70. The van der Waals surface area contributed by atoms with Crippen LogP contribution in [-0.2, 0) is 12.8 Å². The fraction of sp³-hybridized carbons (Fsp3) is 0.227. The van der Waals surface area contributed by atoms with E-state index in [4.69, 9.17) is 4.74 Å². The van der Waals surface area contributed by atoms with Gasteiger partial charge < -0.3 is 9.84 Å².